The molecule has 2 amide bonds. The Morgan fingerprint density at radius 2 is 1.85 bits per heavy atom. The average Bonchev–Trinajstić information content (AvgIpc) is 3.19. The van der Waals surface area contributed by atoms with E-state index in [-0.39, 0.29) is 37.8 Å². The molecule has 0 aliphatic heterocycles. The minimum atomic E-state index is -0.480. The number of esters is 1. The van der Waals surface area contributed by atoms with E-state index in [1.54, 1.807) is 36.4 Å². The maximum Gasteiger partial charge on any atom is 0.306 e. The normalized spacial score (nSPS) is 10.3. The molecule has 0 saturated carbocycles. The van der Waals surface area contributed by atoms with Crippen LogP contribution in [-0.4, -0.2) is 38.1 Å². The number of amides is 2. The Bertz CT molecular complexity index is 757. The van der Waals surface area contributed by atoms with E-state index in [0.29, 0.717) is 23.6 Å². The number of carbonyl (C=O) groups excluding carboxylic acids is 3. The second-order valence-electron chi connectivity index (χ2n) is 5.57. The summed E-state index contributed by atoms with van der Waals surface area (Å²) in [4.78, 5) is 36.0. The Hall–Kier alpha value is -3.13. The zero-order valence-electron chi connectivity index (χ0n) is 15.0. The molecule has 0 fully saturated rings. The van der Waals surface area contributed by atoms with Crippen LogP contribution in [0.5, 0.6) is 0 Å². The molecule has 2 N–H and O–H groups in total. The minimum absolute atomic E-state index is 0.0475. The van der Waals surface area contributed by atoms with E-state index in [2.05, 4.69) is 10.6 Å². The number of ether oxygens (including phenoxy) is 2. The van der Waals surface area contributed by atoms with Crippen LogP contribution < -0.4 is 10.6 Å². The topological polar surface area (TPSA) is 107 Å². The summed E-state index contributed by atoms with van der Waals surface area (Å²) in [5.74, 6) is -0.588. The van der Waals surface area contributed by atoms with Crippen LogP contribution in [-0.2, 0) is 25.6 Å². The van der Waals surface area contributed by atoms with Crippen molar-refractivity contribution in [3.8, 4) is 0 Å². The number of benzene rings is 1. The van der Waals surface area contributed by atoms with Gasteiger partial charge in [-0.2, -0.15) is 0 Å². The summed E-state index contributed by atoms with van der Waals surface area (Å²) < 4.78 is 14.8. The van der Waals surface area contributed by atoms with Crippen molar-refractivity contribution in [3.63, 3.8) is 0 Å². The Morgan fingerprint density at radius 1 is 1.04 bits per heavy atom. The molecule has 2 aromatic rings. The number of methoxy groups -OCH3 is 1. The van der Waals surface area contributed by atoms with Crippen molar-refractivity contribution in [2.45, 2.75) is 19.4 Å². The number of nitrogens with one attached hydrogen (secondary N) is 2. The third-order valence-electron chi connectivity index (χ3n) is 3.56. The van der Waals surface area contributed by atoms with E-state index in [0.717, 1.165) is 0 Å². The summed E-state index contributed by atoms with van der Waals surface area (Å²) in [6.45, 7) is 0.690. The predicted molar refractivity (Wildman–Crippen MR) is 97.0 cm³/mol. The monoisotopic (exact) mass is 374 g/mol. The zero-order valence-corrected chi connectivity index (χ0v) is 15.0. The van der Waals surface area contributed by atoms with E-state index in [1.165, 1.54) is 13.4 Å². The van der Waals surface area contributed by atoms with Crippen LogP contribution in [0.25, 0.3) is 0 Å². The van der Waals surface area contributed by atoms with Gasteiger partial charge in [0, 0.05) is 13.5 Å². The smallest absolute Gasteiger partial charge is 0.306 e. The van der Waals surface area contributed by atoms with Crippen molar-refractivity contribution in [2.75, 3.05) is 25.6 Å². The molecule has 8 nitrogen and oxygen atoms in total. The summed E-state index contributed by atoms with van der Waals surface area (Å²) in [7, 11) is 1.50. The molecule has 0 aliphatic carbocycles. The van der Waals surface area contributed by atoms with Gasteiger partial charge in [-0.1, -0.05) is 12.1 Å². The van der Waals surface area contributed by atoms with E-state index < -0.39 is 5.97 Å². The third-order valence-corrected chi connectivity index (χ3v) is 3.56. The SMILES string of the molecule is COCCOC(=O)CCC(=O)Nc1ccccc1C(=O)NCc1ccco1. The number of hydrogen-bond donors (Lipinski definition) is 2. The molecule has 27 heavy (non-hydrogen) atoms. The van der Waals surface area contributed by atoms with Gasteiger partial charge >= 0.3 is 5.97 Å². The second-order valence-corrected chi connectivity index (χ2v) is 5.57. The molecule has 0 radical (unpaired) electrons. The maximum atomic E-state index is 12.4. The van der Waals surface area contributed by atoms with Crippen LogP contribution in [0.15, 0.2) is 47.1 Å². The lowest BCUT2D eigenvalue weighted by atomic mass is 10.1. The van der Waals surface area contributed by atoms with E-state index in [1.807, 2.05) is 0 Å². The van der Waals surface area contributed by atoms with Gasteiger partial charge in [-0.05, 0) is 24.3 Å². The van der Waals surface area contributed by atoms with Crippen molar-refractivity contribution >= 4 is 23.5 Å². The number of furan rings is 1. The van der Waals surface area contributed by atoms with Crippen LogP contribution >= 0.6 is 0 Å². The van der Waals surface area contributed by atoms with Gasteiger partial charge in [-0.15, -0.1) is 0 Å². The van der Waals surface area contributed by atoms with Crippen LogP contribution in [0.4, 0.5) is 5.69 Å². The first kappa shape index (κ1) is 20.2. The van der Waals surface area contributed by atoms with Crippen LogP contribution in [0.1, 0.15) is 29.0 Å². The molecule has 0 unspecified atom stereocenters. The first-order chi connectivity index (χ1) is 13.1. The average molecular weight is 374 g/mol. The zero-order chi connectivity index (χ0) is 19.5. The molecule has 1 aromatic heterocycles. The molecule has 8 heteroatoms. The lowest BCUT2D eigenvalue weighted by molar-refractivity contribution is -0.145. The molecule has 0 spiro atoms. The van der Waals surface area contributed by atoms with E-state index in [4.69, 9.17) is 13.9 Å². The maximum absolute atomic E-state index is 12.4. The lowest BCUT2D eigenvalue weighted by Crippen LogP contribution is -2.24. The molecule has 0 saturated heterocycles. The summed E-state index contributed by atoms with van der Waals surface area (Å²) in [6, 6.07) is 10.1. The summed E-state index contributed by atoms with van der Waals surface area (Å²) >= 11 is 0. The molecule has 2 rings (SSSR count). The van der Waals surface area contributed by atoms with Crippen molar-refractivity contribution in [1.29, 1.82) is 0 Å². The Morgan fingerprint density at radius 3 is 2.59 bits per heavy atom. The van der Waals surface area contributed by atoms with E-state index >= 15 is 0 Å². The largest absolute Gasteiger partial charge is 0.467 e. The Balaban J connectivity index is 1.86. The van der Waals surface area contributed by atoms with Crippen molar-refractivity contribution < 1.29 is 28.3 Å². The van der Waals surface area contributed by atoms with E-state index in [9.17, 15) is 14.4 Å². The highest BCUT2D eigenvalue weighted by molar-refractivity contribution is 6.04. The minimum Gasteiger partial charge on any atom is -0.467 e. The van der Waals surface area contributed by atoms with Crippen molar-refractivity contribution in [3.05, 3.63) is 54.0 Å². The predicted octanol–water partition coefficient (Wildman–Crippen LogP) is 2.12. The van der Waals surface area contributed by atoms with Gasteiger partial charge in [-0.25, -0.2) is 0 Å². The van der Waals surface area contributed by atoms with Gasteiger partial charge in [0.25, 0.3) is 5.91 Å². The Kier molecular flexibility index (Phi) is 8.05. The number of rotatable bonds is 10. The third kappa shape index (κ3) is 6.95. The standard InChI is InChI=1S/C19H22N2O6/c1-25-11-12-27-18(23)9-8-17(22)21-16-7-3-2-6-15(16)19(24)20-13-14-5-4-10-26-14/h2-7,10H,8-9,11-13H2,1H3,(H,20,24)(H,21,22). The van der Waals surface area contributed by atoms with Gasteiger partial charge in [0.05, 0.1) is 37.1 Å². The molecule has 1 heterocycles. The molecule has 144 valence electrons. The van der Waals surface area contributed by atoms with Gasteiger partial charge in [0.15, 0.2) is 0 Å². The fourth-order valence-corrected chi connectivity index (χ4v) is 2.21. The summed E-state index contributed by atoms with van der Waals surface area (Å²) in [6.07, 6.45) is 1.42. The fourth-order valence-electron chi connectivity index (χ4n) is 2.21. The highest BCUT2D eigenvalue weighted by atomic mass is 16.6. The number of carbonyl (C=O) groups is 3. The molecule has 0 aliphatic rings. The number of para-hydroxylation sites is 1. The van der Waals surface area contributed by atoms with Crippen LogP contribution in [0, 0.1) is 0 Å². The highest BCUT2D eigenvalue weighted by Gasteiger charge is 2.14. The second kappa shape index (κ2) is 10.8. The highest BCUT2D eigenvalue weighted by Crippen LogP contribution is 2.16. The Labute approximate surface area is 156 Å². The summed E-state index contributed by atoms with van der Waals surface area (Å²) in [5.41, 5.74) is 0.687. The van der Waals surface area contributed by atoms with Gasteiger partial charge in [0.1, 0.15) is 12.4 Å². The quantitative estimate of drug-likeness (QED) is 0.487. The molecular formula is C19H22N2O6. The van der Waals surface area contributed by atoms with Gasteiger partial charge in [0.2, 0.25) is 5.91 Å². The molecule has 0 bridgehead atoms. The van der Waals surface area contributed by atoms with Gasteiger partial charge in [-0.3, -0.25) is 14.4 Å². The van der Waals surface area contributed by atoms with Crippen LogP contribution in [0.2, 0.25) is 0 Å². The fraction of sp³-hybridized carbons (Fsp3) is 0.316. The number of hydrogen-bond acceptors (Lipinski definition) is 6. The van der Waals surface area contributed by atoms with Crippen LogP contribution in [0.3, 0.4) is 0 Å². The summed E-state index contributed by atoms with van der Waals surface area (Å²) in [5, 5.41) is 5.38. The lowest BCUT2D eigenvalue weighted by Gasteiger charge is -2.11. The first-order valence-corrected chi connectivity index (χ1v) is 8.44. The molecule has 0 atom stereocenters. The number of anilines is 1. The van der Waals surface area contributed by atoms with Crippen molar-refractivity contribution in [1.82, 2.24) is 5.32 Å². The van der Waals surface area contributed by atoms with Gasteiger partial charge < -0.3 is 24.5 Å². The van der Waals surface area contributed by atoms with Crippen molar-refractivity contribution in [2.24, 2.45) is 0 Å². The molecule has 1 aromatic carbocycles. The first-order valence-electron chi connectivity index (χ1n) is 8.44. The molecular weight excluding hydrogens is 352 g/mol.